The first-order chi connectivity index (χ1) is 21.9. The molecule has 0 aromatic heterocycles. The van der Waals surface area contributed by atoms with Gasteiger partial charge in [0.1, 0.15) is 6.10 Å². The predicted octanol–water partition coefficient (Wildman–Crippen LogP) is 5.90. The first kappa shape index (κ1) is 35.0. The molecule has 0 saturated heterocycles. The van der Waals surface area contributed by atoms with E-state index in [9.17, 15) is 19.5 Å². The third-order valence-electron chi connectivity index (χ3n) is 7.67. The fourth-order valence-electron chi connectivity index (χ4n) is 5.23. The Balaban J connectivity index is 1.66. The SMILES string of the molecule is C=CCCC[C@H](Cc1ccccc1)C(=O)O[C@H](CNC(=O)[C@H](CC=C)CC(=O)N[C@@H](CO)Cc1ccccc1)c1ccccc1. The lowest BCUT2D eigenvalue weighted by Gasteiger charge is -2.24. The number of aliphatic hydroxyl groups excluding tert-OH is 1. The number of benzene rings is 3. The summed E-state index contributed by atoms with van der Waals surface area (Å²) >= 11 is 0. The highest BCUT2D eigenvalue weighted by atomic mass is 16.5. The third kappa shape index (κ3) is 12.6. The van der Waals surface area contributed by atoms with Crippen LogP contribution in [0.5, 0.6) is 0 Å². The lowest BCUT2D eigenvalue weighted by molar-refractivity contribution is -0.155. The fraction of sp³-hybridized carbons (Fsp3) is 0.342. The number of hydrogen-bond donors (Lipinski definition) is 3. The molecule has 3 N–H and O–H groups in total. The number of unbranched alkanes of at least 4 members (excludes halogenated alkanes) is 1. The molecule has 7 nitrogen and oxygen atoms in total. The van der Waals surface area contributed by atoms with Crippen LogP contribution < -0.4 is 10.6 Å². The molecule has 0 heterocycles. The van der Waals surface area contributed by atoms with Crippen molar-refractivity contribution in [2.45, 2.75) is 57.1 Å². The van der Waals surface area contributed by atoms with Gasteiger partial charge < -0.3 is 20.5 Å². The minimum Gasteiger partial charge on any atom is -0.455 e. The molecule has 3 aromatic carbocycles. The molecule has 238 valence electrons. The smallest absolute Gasteiger partial charge is 0.309 e. The first-order valence-electron chi connectivity index (χ1n) is 15.7. The van der Waals surface area contributed by atoms with Gasteiger partial charge in [0.25, 0.3) is 0 Å². The van der Waals surface area contributed by atoms with Gasteiger partial charge in [0.15, 0.2) is 0 Å². The third-order valence-corrected chi connectivity index (χ3v) is 7.67. The van der Waals surface area contributed by atoms with Crippen LogP contribution in [-0.4, -0.2) is 42.1 Å². The van der Waals surface area contributed by atoms with E-state index >= 15 is 0 Å². The molecule has 0 fully saturated rings. The molecule has 4 atom stereocenters. The second-order valence-corrected chi connectivity index (χ2v) is 11.2. The zero-order valence-electron chi connectivity index (χ0n) is 26.0. The van der Waals surface area contributed by atoms with Crippen LogP contribution in [0.3, 0.4) is 0 Å². The summed E-state index contributed by atoms with van der Waals surface area (Å²) in [4.78, 5) is 39.8. The van der Waals surface area contributed by atoms with Gasteiger partial charge in [0.2, 0.25) is 11.8 Å². The molecule has 7 heteroatoms. The van der Waals surface area contributed by atoms with Crippen LogP contribution in [0.25, 0.3) is 0 Å². The Bertz CT molecular complexity index is 1330. The van der Waals surface area contributed by atoms with Crippen molar-refractivity contribution in [2.24, 2.45) is 11.8 Å². The summed E-state index contributed by atoms with van der Waals surface area (Å²) in [5.74, 6) is -2.00. The molecule has 0 aliphatic rings. The van der Waals surface area contributed by atoms with E-state index in [0.717, 1.165) is 29.5 Å². The fourth-order valence-corrected chi connectivity index (χ4v) is 5.23. The summed E-state index contributed by atoms with van der Waals surface area (Å²) in [6.45, 7) is 7.40. The van der Waals surface area contributed by atoms with Crippen LogP contribution in [0.4, 0.5) is 0 Å². The maximum Gasteiger partial charge on any atom is 0.309 e. The van der Waals surface area contributed by atoms with Crippen molar-refractivity contribution in [3.8, 4) is 0 Å². The number of nitrogens with one attached hydrogen (secondary N) is 2. The Morgan fingerprint density at radius 2 is 1.40 bits per heavy atom. The van der Waals surface area contributed by atoms with Gasteiger partial charge in [-0.1, -0.05) is 103 Å². The molecule has 0 bridgehead atoms. The lowest BCUT2D eigenvalue weighted by Crippen LogP contribution is -2.42. The second-order valence-electron chi connectivity index (χ2n) is 11.2. The standard InChI is InChI=1S/C38H46N2O5/c1-3-5-9-23-33(24-29-17-10-6-11-18-29)38(44)45-35(31-21-14-8-15-22-31)27-39-37(43)32(16-4-2)26-36(42)40-34(28-41)25-30-19-12-7-13-20-30/h3-4,6-8,10-15,17-22,32-35,41H,1-2,5,9,16,23-28H2,(H,39,43)(H,40,42)/t32-,33-,34-,35-/m1/s1. The normalized spacial score (nSPS) is 13.4. The van der Waals surface area contributed by atoms with Gasteiger partial charge in [0.05, 0.1) is 31.0 Å². The quantitative estimate of drug-likeness (QED) is 0.0839. The van der Waals surface area contributed by atoms with E-state index in [0.29, 0.717) is 25.7 Å². The monoisotopic (exact) mass is 610 g/mol. The minimum atomic E-state index is -0.705. The summed E-state index contributed by atoms with van der Waals surface area (Å²) < 4.78 is 6.09. The largest absolute Gasteiger partial charge is 0.455 e. The first-order valence-corrected chi connectivity index (χ1v) is 15.7. The van der Waals surface area contributed by atoms with Crippen LogP contribution in [0.2, 0.25) is 0 Å². The Morgan fingerprint density at radius 3 is 1.98 bits per heavy atom. The van der Waals surface area contributed by atoms with Crippen molar-refractivity contribution in [3.05, 3.63) is 133 Å². The number of ether oxygens (including phenoxy) is 1. The van der Waals surface area contributed by atoms with Crippen LogP contribution >= 0.6 is 0 Å². The molecule has 3 rings (SSSR count). The van der Waals surface area contributed by atoms with Crippen LogP contribution in [0.15, 0.2) is 116 Å². The van der Waals surface area contributed by atoms with Gasteiger partial charge >= 0.3 is 5.97 Å². The van der Waals surface area contributed by atoms with E-state index in [2.05, 4.69) is 23.8 Å². The maximum absolute atomic E-state index is 13.6. The van der Waals surface area contributed by atoms with Gasteiger partial charge in [-0.2, -0.15) is 0 Å². The topological polar surface area (TPSA) is 105 Å². The summed E-state index contributed by atoms with van der Waals surface area (Å²) in [5.41, 5.74) is 2.81. The average molecular weight is 611 g/mol. The highest BCUT2D eigenvalue weighted by molar-refractivity contribution is 5.86. The van der Waals surface area contributed by atoms with Crippen molar-refractivity contribution in [1.82, 2.24) is 10.6 Å². The summed E-state index contributed by atoms with van der Waals surface area (Å²) in [5, 5.41) is 15.6. The number of esters is 1. The number of aliphatic hydroxyl groups is 1. The second kappa shape index (κ2) is 19.7. The van der Waals surface area contributed by atoms with E-state index in [-0.39, 0.29) is 43.3 Å². The molecular formula is C38H46N2O5. The van der Waals surface area contributed by atoms with Crippen LogP contribution in [0, 0.1) is 11.8 Å². The average Bonchev–Trinajstić information content (AvgIpc) is 3.06. The Kier molecular flexibility index (Phi) is 15.3. The van der Waals surface area contributed by atoms with E-state index in [1.807, 2.05) is 97.1 Å². The number of allylic oxidation sites excluding steroid dienone is 2. The van der Waals surface area contributed by atoms with Crippen LogP contribution in [0.1, 0.15) is 54.9 Å². The predicted molar refractivity (Wildman–Crippen MR) is 178 cm³/mol. The highest BCUT2D eigenvalue weighted by Crippen LogP contribution is 2.23. The van der Waals surface area contributed by atoms with Gasteiger partial charge in [-0.3, -0.25) is 14.4 Å². The maximum atomic E-state index is 13.6. The summed E-state index contributed by atoms with van der Waals surface area (Å²) in [6, 6.07) is 28.3. The van der Waals surface area contributed by atoms with E-state index in [1.165, 1.54) is 0 Å². The Labute approximate surface area is 267 Å². The zero-order chi connectivity index (χ0) is 32.3. The minimum absolute atomic E-state index is 0.0574. The Morgan fingerprint density at radius 1 is 0.800 bits per heavy atom. The van der Waals surface area contributed by atoms with Gasteiger partial charge in [0, 0.05) is 6.42 Å². The number of carbonyl (C=O) groups excluding carboxylic acids is 3. The molecule has 0 spiro atoms. The molecule has 3 aromatic rings. The zero-order valence-corrected chi connectivity index (χ0v) is 26.0. The van der Waals surface area contributed by atoms with Crippen LogP contribution in [-0.2, 0) is 32.0 Å². The molecular weight excluding hydrogens is 564 g/mol. The summed E-state index contributed by atoms with van der Waals surface area (Å²) in [7, 11) is 0. The molecule has 0 aliphatic carbocycles. The van der Waals surface area contributed by atoms with E-state index in [1.54, 1.807) is 6.08 Å². The number of carbonyl (C=O) groups is 3. The Hall–Kier alpha value is -4.49. The van der Waals surface area contributed by atoms with Crippen molar-refractivity contribution in [1.29, 1.82) is 0 Å². The van der Waals surface area contributed by atoms with Gasteiger partial charge in [-0.25, -0.2) is 0 Å². The molecule has 45 heavy (non-hydrogen) atoms. The van der Waals surface area contributed by atoms with Crippen molar-refractivity contribution >= 4 is 17.8 Å². The number of amides is 2. The van der Waals surface area contributed by atoms with Gasteiger partial charge in [-0.05, 0) is 55.2 Å². The molecule has 2 amide bonds. The number of hydrogen-bond acceptors (Lipinski definition) is 5. The van der Waals surface area contributed by atoms with Crippen molar-refractivity contribution in [2.75, 3.05) is 13.2 Å². The van der Waals surface area contributed by atoms with Gasteiger partial charge in [-0.15, -0.1) is 13.2 Å². The summed E-state index contributed by atoms with van der Waals surface area (Å²) in [6.07, 6.45) is 6.28. The molecule has 0 unspecified atom stereocenters. The molecule has 0 aliphatic heterocycles. The molecule has 0 saturated carbocycles. The van der Waals surface area contributed by atoms with Crippen molar-refractivity contribution in [3.63, 3.8) is 0 Å². The van der Waals surface area contributed by atoms with E-state index in [4.69, 9.17) is 4.74 Å². The highest BCUT2D eigenvalue weighted by Gasteiger charge is 2.27. The number of rotatable bonds is 20. The van der Waals surface area contributed by atoms with E-state index < -0.39 is 18.1 Å². The lowest BCUT2D eigenvalue weighted by atomic mass is 9.94. The molecule has 0 radical (unpaired) electrons. The van der Waals surface area contributed by atoms with Crippen molar-refractivity contribution < 1.29 is 24.2 Å².